The van der Waals surface area contributed by atoms with Crippen molar-refractivity contribution in [3.05, 3.63) is 107 Å². The molecular formula is C37H42ClN3O5. The third kappa shape index (κ3) is 7.35. The van der Waals surface area contributed by atoms with Gasteiger partial charge in [0, 0.05) is 54.7 Å². The van der Waals surface area contributed by atoms with Gasteiger partial charge in [-0.1, -0.05) is 86.0 Å². The maximum Gasteiger partial charge on any atom is 0.264 e. The Hall–Kier alpha value is -3.98. The highest BCUT2D eigenvalue weighted by Gasteiger charge is 2.52. The fraction of sp³-hybridized carbons (Fsp3) is 0.378. The number of anilines is 2. The molecule has 0 bridgehead atoms. The molecule has 8 nitrogen and oxygen atoms in total. The number of carbonyl (C=O) groups is 3. The van der Waals surface area contributed by atoms with E-state index in [0.717, 1.165) is 42.5 Å². The van der Waals surface area contributed by atoms with E-state index in [4.69, 9.17) is 11.6 Å². The lowest BCUT2D eigenvalue weighted by Crippen LogP contribution is -2.44. The number of benzene rings is 3. The monoisotopic (exact) mass is 643 g/mol. The molecule has 3 amide bonds. The zero-order valence-electron chi connectivity index (χ0n) is 26.3. The summed E-state index contributed by atoms with van der Waals surface area (Å²) >= 11 is 6.37. The predicted octanol–water partition coefficient (Wildman–Crippen LogP) is 5.98. The van der Waals surface area contributed by atoms with Crippen LogP contribution in [-0.2, 0) is 33.1 Å². The summed E-state index contributed by atoms with van der Waals surface area (Å²) in [5, 5.41) is 22.0. The van der Waals surface area contributed by atoms with Crippen molar-refractivity contribution in [3.8, 4) is 0 Å². The Morgan fingerprint density at radius 1 is 1.00 bits per heavy atom. The SMILES string of the molecule is C[C@H](/C=C/CC(=O)N(CCO)Cc1ccccc1)[C@@]1(O)C(=O)N(Cc2cccc(N3CCCCCCC3=O)c2)c2ccc(Cl)cc21. The van der Waals surface area contributed by atoms with Crippen LogP contribution in [-0.4, -0.2) is 52.5 Å². The predicted molar refractivity (Wildman–Crippen MR) is 180 cm³/mol. The number of halogens is 1. The molecule has 0 spiro atoms. The lowest BCUT2D eigenvalue weighted by atomic mass is 9.83. The van der Waals surface area contributed by atoms with Gasteiger partial charge in [0.25, 0.3) is 5.91 Å². The summed E-state index contributed by atoms with van der Waals surface area (Å²) in [6.07, 6.45) is 7.95. The summed E-state index contributed by atoms with van der Waals surface area (Å²) < 4.78 is 0. The van der Waals surface area contributed by atoms with Crippen LogP contribution in [0.15, 0.2) is 84.9 Å². The number of rotatable bonds is 11. The number of fused-ring (bicyclic) bond motifs is 1. The van der Waals surface area contributed by atoms with Crippen molar-refractivity contribution in [2.75, 3.05) is 29.5 Å². The van der Waals surface area contributed by atoms with Gasteiger partial charge in [0.05, 0.1) is 18.8 Å². The third-order valence-electron chi connectivity index (χ3n) is 8.93. The number of amides is 3. The first-order chi connectivity index (χ1) is 22.2. The van der Waals surface area contributed by atoms with Crippen LogP contribution in [0.4, 0.5) is 11.4 Å². The number of aliphatic hydroxyl groups is 2. The molecule has 0 radical (unpaired) electrons. The largest absolute Gasteiger partial charge is 0.395 e. The molecule has 0 unspecified atom stereocenters. The van der Waals surface area contributed by atoms with Gasteiger partial charge in [-0.3, -0.25) is 14.4 Å². The van der Waals surface area contributed by atoms with Crippen molar-refractivity contribution in [2.24, 2.45) is 5.92 Å². The number of hydrogen-bond donors (Lipinski definition) is 2. The Bertz CT molecular complexity index is 1580. The molecule has 2 heterocycles. The van der Waals surface area contributed by atoms with E-state index >= 15 is 0 Å². The van der Waals surface area contributed by atoms with Crippen LogP contribution in [0, 0.1) is 5.92 Å². The van der Waals surface area contributed by atoms with E-state index in [1.165, 1.54) is 0 Å². The normalized spacial score (nSPS) is 19.2. The minimum atomic E-state index is -1.90. The summed E-state index contributed by atoms with van der Waals surface area (Å²) in [5.41, 5.74) is 1.69. The van der Waals surface area contributed by atoms with Crippen LogP contribution in [0.2, 0.25) is 5.02 Å². The third-order valence-corrected chi connectivity index (χ3v) is 9.17. The molecular weight excluding hydrogens is 602 g/mol. The van der Waals surface area contributed by atoms with E-state index in [-0.39, 0.29) is 37.9 Å². The van der Waals surface area contributed by atoms with E-state index in [0.29, 0.717) is 35.8 Å². The molecule has 5 rings (SSSR count). The van der Waals surface area contributed by atoms with Gasteiger partial charge in [0.1, 0.15) is 0 Å². The molecule has 0 aliphatic carbocycles. The van der Waals surface area contributed by atoms with Crippen molar-refractivity contribution in [3.63, 3.8) is 0 Å². The van der Waals surface area contributed by atoms with Crippen LogP contribution < -0.4 is 9.80 Å². The standard InChI is InChI=1S/C37H42ClN3O5/c1-27(11-9-17-34(43)39(21-22-42)25-28-12-5-4-6-13-28)37(46)32-24-30(38)18-19-33(32)41(36(37)45)26-29-14-10-15-31(23-29)40-20-8-3-2-7-16-35(40)44/h4-6,9-15,18-19,23-24,27,42,46H,2-3,7-8,16-17,20-22,25-26H2,1H3/b11-9+/t27-,37+/m1/s1. The highest BCUT2D eigenvalue weighted by Crippen LogP contribution is 2.46. The van der Waals surface area contributed by atoms with E-state index in [9.17, 15) is 24.6 Å². The van der Waals surface area contributed by atoms with Crippen molar-refractivity contribution in [2.45, 2.75) is 64.1 Å². The Balaban J connectivity index is 1.34. The second-order valence-electron chi connectivity index (χ2n) is 12.1. The molecule has 1 fully saturated rings. The second-order valence-corrected chi connectivity index (χ2v) is 12.6. The van der Waals surface area contributed by atoms with Crippen molar-refractivity contribution >= 4 is 40.7 Å². The highest BCUT2D eigenvalue weighted by molar-refractivity contribution is 6.31. The molecule has 0 saturated carbocycles. The Morgan fingerprint density at radius 3 is 2.54 bits per heavy atom. The van der Waals surface area contributed by atoms with Gasteiger partial charge in [0.2, 0.25) is 11.8 Å². The first kappa shape index (κ1) is 33.4. The fourth-order valence-electron chi connectivity index (χ4n) is 6.37. The molecule has 2 N–H and O–H groups in total. The van der Waals surface area contributed by atoms with Crippen molar-refractivity contribution in [1.29, 1.82) is 0 Å². The van der Waals surface area contributed by atoms with Crippen LogP contribution in [0.1, 0.15) is 62.1 Å². The van der Waals surface area contributed by atoms with Gasteiger partial charge < -0.3 is 24.9 Å². The van der Waals surface area contributed by atoms with Gasteiger partial charge in [-0.2, -0.15) is 0 Å². The molecule has 46 heavy (non-hydrogen) atoms. The average molecular weight is 644 g/mol. The zero-order valence-corrected chi connectivity index (χ0v) is 27.0. The minimum absolute atomic E-state index is 0.0512. The maximum absolute atomic E-state index is 14.1. The Morgan fingerprint density at radius 2 is 1.76 bits per heavy atom. The Kier molecular flexibility index (Phi) is 10.9. The molecule has 0 aromatic heterocycles. The average Bonchev–Trinajstić information content (AvgIpc) is 3.25. The summed E-state index contributed by atoms with van der Waals surface area (Å²) in [6, 6.07) is 22.3. The van der Waals surface area contributed by atoms with Crippen molar-refractivity contribution < 1.29 is 24.6 Å². The number of hydrogen-bond acceptors (Lipinski definition) is 5. The zero-order chi connectivity index (χ0) is 32.7. The molecule has 242 valence electrons. The van der Waals surface area contributed by atoms with Gasteiger partial charge in [-0.05, 0) is 54.3 Å². The Labute approximate surface area is 275 Å². The lowest BCUT2D eigenvalue weighted by Gasteiger charge is -2.28. The summed E-state index contributed by atoms with van der Waals surface area (Å²) in [5.74, 6) is -1.22. The molecule has 9 heteroatoms. The number of nitrogens with zero attached hydrogens (tertiary/aromatic N) is 3. The van der Waals surface area contributed by atoms with E-state index < -0.39 is 17.4 Å². The molecule has 2 aliphatic heterocycles. The van der Waals surface area contributed by atoms with Gasteiger partial charge in [-0.15, -0.1) is 0 Å². The number of aliphatic hydroxyl groups excluding tert-OH is 1. The van der Waals surface area contributed by atoms with Crippen LogP contribution in [0.3, 0.4) is 0 Å². The first-order valence-electron chi connectivity index (χ1n) is 16.0. The molecule has 2 aliphatic rings. The molecule has 1 saturated heterocycles. The summed E-state index contributed by atoms with van der Waals surface area (Å²) in [6.45, 7) is 3.04. The molecule has 3 aromatic rings. The smallest absolute Gasteiger partial charge is 0.264 e. The maximum atomic E-state index is 14.1. The number of carbonyl (C=O) groups excluding carboxylic acids is 3. The molecule has 2 atom stereocenters. The quantitative estimate of drug-likeness (QED) is 0.251. The lowest BCUT2D eigenvalue weighted by molar-refractivity contribution is -0.139. The summed E-state index contributed by atoms with van der Waals surface area (Å²) in [7, 11) is 0. The van der Waals surface area contributed by atoms with Crippen molar-refractivity contribution in [1.82, 2.24) is 4.90 Å². The van der Waals surface area contributed by atoms with Crippen LogP contribution >= 0.6 is 11.6 Å². The van der Waals surface area contributed by atoms with E-state index in [1.807, 2.05) is 59.5 Å². The van der Waals surface area contributed by atoms with Crippen LogP contribution in [0.5, 0.6) is 0 Å². The second kappa shape index (κ2) is 15.1. The van der Waals surface area contributed by atoms with Gasteiger partial charge in [-0.25, -0.2) is 0 Å². The van der Waals surface area contributed by atoms with Crippen LogP contribution in [0.25, 0.3) is 0 Å². The highest BCUT2D eigenvalue weighted by atomic mass is 35.5. The topological polar surface area (TPSA) is 101 Å². The van der Waals surface area contributed by atoms with Gasteiger partial charge in [0.15, 0.2) is 5.60 Å². The minimum Gasteiger partial charge on any atom is -0.395 e. The molecule has 3 aromatic carbocycles. The van der Waals surface area contributed by atoms with E-state index in [1.54, 1.807) is 47.1 Å². The summed E-state index contributed by atoms with van der Waals surface area (Å²) in [4.78, 5) is 45.0. The fourth-order valence-corrected chi connectivity index (χ4v) is 6.54. The van der Waals surface area contributed by atoms with E-state index in [2.05, 4.69) is 0 Å². The van der Waals surface area contributed by atoms with Gasteiger partial charge >= 0.3 is 0 Å². The first-order valence-corrected chi connectivity index (χ1v) is 16.4.